The Kier molecular flexibility index (Phi) is 6.74. The first-order valence-electron chi connectivity index (χ1n) is 10.2. The highest BCUT2D eigenvalue weighted by Crippen LogP contribution is 2.31. The van der Waals surface area contributed by atoms with Crippen molar-refractivity contribution in [3.05, 3.63) is 94.0 Å². The number of nitro benzene ring substituents is 1. The fourth-order valence-corrected chi connectivity index (χ4v) is 4.21. The first-order valence-corrected chi connectivity index (χ1v) is 11.1. The average Bonchev–Trinajstić information content (AvgIpc) is 3.25. The molecule has 0 aliphatic carbocycles. The summed E-state index contributed by atoms with van der Waals surface area (Å²) in [7, 11) is 0. The molecule has 170 valence electrons. The van der Waals surface area contributed by atoms with E-state index in [1.54, 1.807) is 29.5 Å². The van der Waals surface area contributed by atoms with E-state index >= 15 is 0 Å². The molecule has 0 aliphatic rings. The lowest BCUT2D eigenvalue weighted by Crippen LogP contribution is -2.20. The van der Waals surface area contributed by atoms with E-state index in [0.717, 1.165) is 26.9 Å². The van der Waals surface area contributed by atoms with Crippen LogP contribution >= 0.6 is 11.3 Å². The molecule has 1 amide bonds. The van der Waals surface area contributed by atoms with Crippen molar-refractivity contribution in [3.63, 3.8) is 0 Å². The van der Waals surface area contributed by atoms with Gasteiger partial charge in [-0.2, -0.15) is 0 Å². The van der Waals surface area contributed by atoms with Gasteiger partial charge in [-0.25, -0.2) is 9.78 Å². The Balaban J connectivity index is 1.30. The standard InChI is InChI=1S/C25H19N3O5S/c1-16-5-11-21-22(13-16)34-25(27-21)18-7-9-19(10-8-18)26-23(29)15-33-24(30)12-6-17-3-2-4-20(14-17)28(31)32/h2-14H,15H2,1H3,(H,26,29). The van der Waals surface area contributed by atoms with E-state index in [-0.39, 0.29) is 5.69 Å². The van der Waals surface area contributed by atoms with Crippen molar-refractivity contribution < 1.29 is 19.2 Å². The minimum Gasteiger partial charge on any atom is -0.452 e. The van der Waals surface area contributed by atoms with Crippen molar-refractivity contribution in [3.8, 4) is 10.6 Å². The number of thiazole rings is 1. The number of carbonyl (C=O) groups is 2. The molecule has 1 N–H and O–H groups in total. The van der Waals surface area contributed by atoms with E-state index in [1.165, 1.54) is 29.8 Å². The molecule has 0 spiro atoms. The molecule has 4 rings (SSSR count). The number of rotatable bonds is 7. The molecule has 0 saturated heterocycles. The number of esters is 1. The van der Waals surface area contributed by atoms with Crippen molar-refractivity contribution in [2.24, 2.45) is 0 Å². The Morgan fingerprint density at radius 3 is 2.68 bits per heavy atom. The van der Waals surface area contributed by atoms with Crippen molar-refractivity contribution in [2.75, 3.05) is 11.9 Å². The van der Waals surface area contributed by atoms with Gasteiger partial charge < -0.3 is 10.1 Å². The molecule has 8 nitrogen and oxygen atoms in total. The lowest BCUT2D eigenvalue weighted by atomic mass is 10.2. The highest BCUT2D eigenvalue weighted by molar-refractivity contribution is 7.21. The highest BCUT2D eigenvalue weighted by atomic mass is 32.1. The van der Waals surface area contributed by atoms with Crippen LogP contribution in [-0.2, 0) is 14.3 Å². The van der Waals surface area contributed by atoms with Crippen LogP contribution in [-0.4, -0.2) is 28.4 Å². The third-order valence-electron chi connectivity index (χ3n) is 4.80. The Bertz CT molecular complexity index is 1410. The van der Waals surface area contributed by atoms with Gasteiger partial charge >= 0.3 is 5.97 Å². The maximum atomic E-state index is 12.1. The number of anilines is 1. The van der Waals surface area contributed by atoms with Gasteiger partial charge in [0, 0.05) is 29.5 Å². The molecule has 0 unspecified atom stereocenters. The van der Waals surface area contributed by atoms with Crippen LogP contribution in [0.25, 0.3) is 26.9 Å². The SMILES string of the molecule is Cc1ccc2nc(-c3ccc(NC(=O)COC(=O)C=Cc4cccc([N+](=O)[O-])c4)cc3)sc2c1. The van der Waals surface area contributed by atoms with Crippen LogP contribution in [0.1, 0.15) is 11.1 Å². The normalized spacial score (nSPS) is 11.0. The van der Waals surface area contributed by atoms with Crippen molar-refractivity contribution >= 4 is 50.9 Å². The molecule has 1 aromatic heterocycles. The molecule has 0 saturated carbocycles. The number of hydrogen-bond acceptors (Lipinski definition) is 7. The van der Waals surface area contributed by atoms with E-state index in [9.17, 15) is 19.7 Å². The van der Waals surface area contributed by atoms with Gasteiger partial charge in [-0.15, -0.1) is 11.3 Å². The Hall–Kier alpha value is -4.37. The van der Waals surface area contributed by atoms with Crippen molar-refractivity contribution in [1.82, 2.24) is 4.98 Å². The van der Waals surface area contributed by atoms with Gasteiger partial charge in [-0.3, -0.25) is 14.9 Å². The van der Waals surface area contributed by atoms with E-state index in [0.29, 0.717) is 11.3 Å². The molecule has 34 heavy (non-hydrogen) atoms. The van der Waals surface area contributed by atoms with Gasteiger partial charge in [-0.1, -0.05) is 18.2 Å². The number of aromatic nitrogens is 1. The summed E-state index contributed by atoms with van der Waals surface area (Å²) in [6.45, 7) is 1.58. The zero-order chi connectivity index (χ0) is 24.1. The Morgan fingerprint density at radius 2 is 1.91 bits per heavy atom. The topological polar surface area (TPSA) is 111 Å². The molecular weight excluding hydrogens is 454 g/mol. The smallest absolute Gasteiger partial charge is 0.331 e. The molecule has 3 aromatic carbocycles. The number of nitrogens with zero attached hydrogens (tertiary/aromatic N) is 2. The number of aryl methyl sites for hydroxylation is 1. The number of non-ortho nitro benzene ring substituents is 1. The summed E-state index contributed by atoms with van der Waals surface area (Å²) in [5.41, 5.74) is 4.02. The van der Waals surface area contributed by atoms with Crippen LogP contribution < -0.4 is 5.32 Å². The van der Waals surface area contributed by atoms with Gasteiger partial charge in [0.1, 0.15) is 5.01 Å². The fraction of sp³-hybridized carbons (Fsp3) is 0.0800. The second-order valence-electron chi connectivity index (χ2n) is 7.41. The minimum atomic E-state index is -0.733. The van der Waals surface area contributed by atoms with Gasteiger partial charge in [0.25, 0.3) is 11.6 Å². The lowest BCUT2D eigenvalue weighted by molar-refractivity contribution is -0.384. The molecule has 0 fully saturated rings. The zero-order valence-corrected chi connectivity index (χ0v) is 18.9. The van der Waals surface area contributed by atoms with Gasteiger partial charge in [-0.05, 0) is 60.5 Å². The maximum Gasteiger partial charge on any atom is 0.331 e. The van der Waals surface area contributed by atoms with Crippen molar-refractivity contribution in [2.45, 2.75) is 6.92 Å². The molecule has 1 heterocycles. The van der Waals surface area contributed by atoms with E-state index in [2.05, 4.69) is 16.4 Å². The average molecular weight is 474 g/mol. The van der Waals surface area contributed by atoms with E-state index in [1.807, 2.05) is 31.2 Å². The number of amides is 1. The number of carbonyl (C=O) groups excluding carboxylic acids is 2. The highest BCUT2D eigenvalue weighted by Gasteiger charge is 2.09. The summed E-state index contributed by atoms with van der Waals surface area (Å²) in [5, 5.41) is 14.4. The molecular formula is C25H19N3O5S. The number of fused-ring (bicyclic) bond motifs is 1. The quantitative estimate of drug-likeness (QED) is 0.167. The lowest BCUT2D eigenvalue weighted by Gasteiger charge is -2.06. The molecule has 0 bridgehead atoms. The number of hydrogen-bond donors (Lipinski definition) is 1. The molecule has 9 heteroatoms. The van der Waals surface area contributed by atoms with Crippen LogP contribution in [0.4, 0.5) is 11.4 Å². The predicted molar refractivity (Wildman–Crippen MR) is 132 cm³/mol. The molecule has 4 aromatic rings. The third kappa shape index (κ3) is 5.70. The van der Waals surface area contributed by atoms with Gasteiger partial charge in [0.05, 0.1) is 15.1 Å². The Labute approximate surface area is 198 Å². The summed E-state index contributed by atoms with van der Waals surface area (Å²) in [6.07, 6.45) is 2.50. The number of benzene rings is 3. The largest absolute Gasteiger partial charge is 0.452 e. The van der Waals surface area contributed by atoms with E-state index in [4.69, 9.17) is 4.74 Å². The fourth-order valence-electron chi connectivity index (χ4n) is 3.14. The molecule has 0 atom stereocenters. The number of nitro groups is 1. The maximum absolute atomic E-state index is 12.1. The molecule has 0 radical (unpaired) electrons. The van der Waals surface area contributed by atoms with Crippen LogP contribution in [0, 0.1) is 17.0 Å². The second-order valence-corrected chi connectivity index (χ2v) is 8.44. The first kappa shape index (κ1) is 22.8. The summed E-state index contributed by atoms with van der Waals surface area (Å²) < 4.78 is 6.05. The molecule has 0 aliphatic heterocycles. The van der Waals surface area contributed by atoms with Gasteiger partial charge in [0.15, 0.2) is 6.61 Å². The predicted octanol–water partition coefficient (Wildman–Crippen LogP) is 5.38. The van der Waals surface area contributed by atoms with Crippen LogP contribution in [0.15, 0.2) is 72.8 Å². The summed E-state index contributed by atoms with van der Waals surface area (Å²) >= 11 is 1.61. The first-order chi connectivity index (χ1) is 16.4. The number of ether oxygens (including phenoxy) is 1. The second kappa shape index (κ2) is 10.1. The van der Waals surface area contributed by atoms with Crippen LogP contribution in [0.5, 0.6) is 0 Å². The summed E-state index contributed by atoms with van der Waals surface area (Å²) in [5.74, 6) is -1.22. The van der Waals surface area contributed by atoms with Crippen LogP contribution in [0.3, 0.4) is 0 Å². The monoisotopic (exact) mass is 473 g/mol. The summed E-state index contributed by atoms with van der Waals surface area (Å²) in [4.78, 5) is 38.9. The number of nitrogens with one attached hydrogen (secondary N) is 1. The summed E-state index contributed by atoms with van der Waals surface area (Å²) in [6, 6.07) is 19.2. The third-order valence-corrected chi connectivity index (χ3v) is 5.87. The van der Waals surface area contributed by atoms with Crippen molar-refractivity contribution in [1.29, 1.82) is 0 Å². The zero-order valence-electron chi connectivity index (χ0n) is 18.1. The van der Waals surface area contributed by atoms with Gasteiger partial charge in [0.2, 0.25) is 0 Å². The Morgan fingerprint density at radius 1 is 1.12 bits per heavy atom. The minimum absolute atomic E-state index is 0.0841. The van der Waals surface area contributed by atoms with E-state index < -0.39 is 23.4 Å². The van der Waals surface area contributed by atoms with Crippen LogP contribution in [0.2, 0.25) is 0 Å².